The molecule has 3 aromatic carbocycles. The Morgan fingerprint density at radius 1 is 0.818 bits per heavy atom. The summed E-state index contributed by atoms with van der Waals surface area (Å²) in [6, 6.07) is 23.5. The molecule has 1 atom stereocenters. The molecule has 0 saturated carbocycles. The molecule has 0 aliphatic carbocycles. The van der Waals surface area contributed by atoms with Gasteiger partial charge in [0.15, 0.2) is 0 Å². The number of likely N-dealkylation sites (N-methyl/N-ethyl adjacent to an activating group) is 1. The van der Waals surface area contributed by atoms with E-state index in [1.807, 2.05) is 74.5 Å². The standard InChI is InChI=1S/C29H34N2O2/c1-5-30-29(33)27(18-24-11-7-6-8-12-24)31(20-26-13-9-10-21(2)16-26)28(32)19-25-15-14-22(3)23(4)17-25/h6-17,27H,5,18-20H2,1-4H3,(H,30,33)/t27-/m0/s1. The Morgan fingerprint density at radius 2 is 1.55 bits per heavy atom. The molecule has 33 heavy (non-hydrogen) atoms. The Kier molecular flexibility index (Phi) is 8.42. The average molecular weight is 443 g/mol. The third kappa shape index (κ3) is 6.79. The molecule has 0 aliphatic heterocycles. The molecule has 0 aromatic heterocycles. The normalized spacial score (nSPS) is 11.6. The lowest BCUT2D eigenvalue weighted by molar-refractivity contribution is -0.140. The third-order valence-electron chi connectivity index (χ3n) is 5.98. The number of carbonyl (C=O) groups is 2. The molecule has 0 bridgehead atoms. The van der Waals surface area contributed by atoms with Gasteiger partial charge in [-0.05, 0) is 55.5 Å². The highest BCUT2D eigenvalue weighted by atomic mass is 16.2. The van der Waals surface area contributed by atoms with Crippen LogP contribution < -0.4 is 5.32 Å². The summed E-state index contributed by atoms with van der Waals surface area (Å²) in [6.07, 6.45) is 0.731. The first-order valence-electron chi connectivity index (χ1n) is 11.6. The zero-order valence-corrected chi connectivity index (χ0v) is 20.1. The van der Waals surface area contributed by atoms with E-state index in [0.717, 1.165) is 27.8 Å². The molecule has 3 rings (SSSR count). The van der Waals surface area contributed by atoms with E-state index in [4.69, 9.17) is 0 Å². The number of benzene rings is 3. The van der Waals surface area contributed by atoms with Gasteiger partial charge in [0.25, 0.3) is 0 Å². The lowest BCUT2D eigenvalue weighted by Gasteiger charge is -2.31. The lowest BCUT2D eigenvalue weighted by atomic mass is 10.00. The summed E-state index contributed by atoms with van der Waals surface area (Å²) < 4.78 is 0. The Balaban J connectivity index is 1.96. The van der Waals surface area contributed by atoms with Gasteiger partial charge in [0.2, 0.25) is 11.8 Å². The Hall–Kier alpha value is -3.40. The Labute approximate surface area is 197 Å². The first-order valence-corrected chi connectivity index (χ1v) is 11.6. The molecule has 0 aliphatic rings. The smallest absolute Gasteiger partial charge is 0.243 e. The number of nitrogens with zero attached hydrogens (tertiary/aromatic N) is 1. The van der Waals surface area contributed by atoms with Gasteiger partial charge in [-0.15, -0.1) is 0 Å². The van der Waals surface area contributed by atoms with Gasteiger partial charge in [-0.25, -0.2) is 0 Å². The zero-order valence-electron chi connectivity index (χ0n) is 20.1. The van der Waals surface area contributed by atoms with Crippen LogP contribution in [-0.2, 0) is 29.0 Å². The molecule has 4 heteroatoms. The largest absolute Gasteiger partial charge is 0.355 e. The van der Waals surface area contributed by atoms with Gasteiger partial charge in [-0.3, -0.25) is 9.59 Å². The van der Waals surface area contributed by atoms with Crippen LogP contribution in [0, 0.1) is 20.8 Å². The van der Waals surface area contributed by atoms with Crippen LogP contribution in [0.25, 0.3) is 0 Å². The summed E-state index contributed by atoms with van der Waals surface area (Å²) in [7, 11) is 0. The van der Waals surface area contributed by atoms with Crippen molar-refractivity contribution in [3.8, 4) is 0 Å². The van der Waals surface area contributed by atoms with E-state index in [2.05, 4.69) is 31.3 Å². The van der Waals surface area contributed by atoms with Crippen molar-refractivity contribution >= 4 is 11.8 Å². The molecule has 172 valence electrons. The summed E-state index contributed by atoms with van der Waals surface area (Å²) in [5.41, 5.74) is 6.51. The predicted octanol–water partition coefficient (Wildman–Crippen LogP) is 4.93. The molecule has 0 unspecified atom stereocenters. The number of carbonyl (C=O) groups excluding carboxylic acids is 2. The second-order valence-electron chi connectivity index (χ2n) is 8.71. The van der Waals surface area contributed by atoms with Crippen molar-refractivity contribution in [1.29, 1.82) is 0 Å². The molecule has 0 heterocycles. The number of hydrogen-bond acceptors (Lipinski definition) is 2. The van der Waals surface area contributed by atoms with Gasteiger partial charge < -0.3 is 10.2 Å². The maximum Gasteiger partial charge on any atom is 0.243 e. The van der Waals surface area contributed by atoms with Crippen LogP contribution in [0.3, 0.4) is 0 Å². The van der Waals surface area contributed by atoms with Crippen molar-refractivity contribution in [2.24, 2.45) is 0 Å². The number of amides is 2. The number of rotatable bonds is 9. The summed E-state index contributed by atoms with van der Waals surface area (Å²) >= 11 is 0. The lowest BCUT2D eigenvalue weighted by Crippen LogP contribution is -2.50. The van der Waals surface area contributed by atoms with Gasteiger partial charge in [0, 0.05) is 19.5 Å². The molecule has 4 nitrogen and oxygen atoms in total. The molecule has 1 N–H and O–H groups in total. The van der Waals surface area contributed by atoms with E-state index < -0.39 is 6.04 Å². The van der Waals surface area contributed by atoms with Gasteiger partial charge in [-0.1, -0.05) is 78.4 Å². The average Bonchev–Trinajstić information content (AvgIpc) is 2.79. The van der Waals surface area contributed by atoms with Crippen LogP contribution in [0.1, 0.15) is 40.3 Å². The number of aryl methyl sites for hydroxylation is 3. The molecule has 0 spiro atoms. The monoisotopic (exact) mass is 442 g/mol. The van der Waals surface area contributed by atoms with Crippen LogP contribution in [0.2, 0.25) is 0 Å². The minimum absolute atomic E-state index is 0.0491. The molecule has 0 radical (unpaired) electrons. The number of nitrogens with one attached hydrogen (secondary N) is 1. The highest BCUT2D eigenvalue weighted by Crippen LogP contribution is 2.18. The maximum absolute atomic E-state index is 13.7. The first kappa shape index (κ1) is 24.2. The second-order valence-corrected chi connectivity index (χ2v) is 8.71. The van der Waals surface area contributed by atoms with Crippen molar-refractivity contribution in [2.75, 3.05) is 6.54 Å². The second kappa shape index (κ2) is 11.5. The van der Waals surface area contributed by atoms with Crippen LogP contribution in [0.15, 0.2) is 72.8 Å². The minimum atomic E-state index is -0.591. The van der Waals surface area contributed by atoms with Gasteiger partial charge in [-0.2, -0.15) is 0 Å². The molecular formula is C29H34N2O2. The van der Waals surface area contributed by atoms with E-state index in [0.29, 0.717) is 19.5 Å². The van der Waals surface area contributed by atoms with Crippen molar-refractivity contribution in [1.82, 2.24) is 10.2 Å². The van der Waals surface area contributed by atoms with Crippen molar-refractivity contribution < 1.29 is 9.59 Å². The van der Waals surface area contributed by atoms with Crippen molar-refractivity contribution in [3.05, 3.63) is 106 Å². The zero-order chi connectivity index (χ0) is 23.8. The topological polar surface area (TPSA) is 49.4 Å². The fraction of sp³-hybridized carbons (Fsp3) is 0.310. The highest BCUT2D eigenvalue weighted by Gasteiger charge is 2.30. The predicted molar refractivity (Wildman–Crippen MR) is 134 cm³/mol. The Bertz CT molecular complexity index is 1090. The molecule has 0 fully saturated rings. The van der Waals surface area contributed by atoms with E-state index in [9.17, 15) is 9.59 Å². The van der Waals surface area contributed by atoms with Gasteiger partial charge in [0.05, 0.1) is 6.42 Å². The minimum Gasteiger partial charge on any atom is -0.355 e. The molecular weight excluding hydrogens is 408 g/mol. The molecule has 2 amide bonds. The van der Waals surface area contributed by atoms with E-state index in [1.54, 1.807) is 4.90 Å². The van der Waals surface area contributed by atoms with E-state index in [1.165, 1.54) is 5.56 Å². The fourth-order valence-electron chi connectivity index (χ4n) is 4.04. The van der Waals surface area contributed by atoms with Crippen LogP contribution in [0.5, 0.6) is 0 Å². The summed E-state index contributed by atoms with van der Waals surface area (Å²) in [5.74, 6) is -0.172. The molecule has 0 saturated heterocycles. The third-order valence-corrected chi connectivity index (χ3v) is 5.98. The summed E-state index contributed by atoms with van der Waals surface area (Å²) in [4.78, 5) is 28.6. The maximum atomic E-state index is 13.7. The van der Waals surface area contributed by atoms with Gasteiger partial charge in [0.1, 0.15) is 6.04 Å². The van der Waals surface area contributed by atoms with E-state index >= 15 is 0 Å². The summed E-state index contributed by atoms with van der Waals surface area (Å²) in [5, 5.41) is 2.95. The summed E-state index contributed by atoms with van der Waals surface area (Å²) in [6.45, 7) is 8.97. The van der Waals surface area contributed by atoms with Crippen LogP contribution >= 0.6 is 0 Å². The molecule has 3 aromatic rings. The van der Waals surface area contributed by atoms with Crippen LogP contribution in [-0.4, -0.2) is 29.3 Å². The highest BCUT2D eigenvalue weighted by molar-refractivity contribution is 5.88. The van der Waals surface area contributed by atoms with Gasteiger partial charge >= 0.3 is 0 Å². The quantitative estimate of drug-likeness (QED) is 0.511. The van der Waals surface area contributed by atoms with Crippen molar-refractivity contribution in [2.45, 2.75) is 53.1 Å². The fourth-order valence-corrected chi connectivity index (χ4v) is 4.04. The van der Waals surface area contributed by atoms with Crippen LogP contribution in [0.4, 0.5) is 0 Å². The Morgan fingerprint density at radius 3 is 2.21 bits per heavy atom. The number of hydrogen-bond donors (Lipinski definition) is 1. The van der Waals surface area contributed by atoms with E-state index in [-0.39, 0.29) is 18.2 Å². The SMILES string of the molecule is CCNC(=O)[C@H](Cc1ccccc1)N(Cc1cccc(C)c1)C(=O)Cc1ccc(C)c(C)c1. The first-order chi connectivity index (χ1) is 15.9. The van der Waals surface area contributed by atoms with Crippen molar-refractivity contribution in [3.63, 3.8) is 0 Å².